The van der Waals surface area contributed by atoms with Crippen LogP contribution in [0.4, 0.5) is 0 Å². The summed E-state index contributed by atoms with van der Waals surface area (Å²) < 4.78 is 2.07. The van der Waals surface area contributed by atoms with Crippen molar-refractivity contribution in [1.29, 1.82) is 0 Å². The predicted molar refractivity (Wildman–Crippen MR) is 77.1 cm³/mol. The topological polar surface area (TPSA) is 42.7 Å². The van der Waals surface area contributed by atoms with Gasteiger partial charge >= 0.3 is 0 Å². The zero-order valence-electron chi connectivity index (χ0n) is 12.1. The third-order valence-electron chi connectivity index (χ3n) is 3.50. The second-order valence-corrected chi connectivity index (χ2v) is 4.87. The average Bonchev–Trinajstić information content (AvgIpc) is 2.77. The molecule has 0 aliphatic carbocycles. The molecular weight excluding hydrogens is 236 g/mol. The van der Waals surface area contributed by atoms with Crippen LogP contribution in [0.3, 0.4) is 0 Å². The van der Waals surface area contributed by atoms with E-state index < -0.39 is 0 Å². The molecule has 0 saturated carbocycles. The lowest BCUT2D eigenvalue weighted by Crippen LogP contribution is -2.21. The van der Waals surface area contributed by atoms with Crippen molar-refractivity contribution in [3.8, 4) is 0 Å². The first-order valence-corrected chi connectivity index (χ1v) is 6.76. The molecule has 0 amide bonds. The Morgan fingerprint density at radius 2 is 2.16 bits per heavy atom. The summed E-state index contributed by atoms with van der Waals surface area (Å²) in [6, 6.07) is 4.50. The third kappa shape index (κ3) is 3.01. The summed E-state index contributed by atoms with van der Waals surface area (Å²) in [6.45, 7) is 7.20. The van der Waals surface area contributed by atoms with Gasteiger partial charge in [0.05, 0.1) is 5.69 Å². The summed E-state index contributed by atoms with van der Waals surface area (Å²) in [5.74, 6) is 0. The quantitative estimate of drug-likeness (QED) is 0.895. The molecule has 2 heterocycles. The number of aryl methyl sites for hydroxylation is 3. The third-order valence-corrected chi connectivity index (χ3v) is 3.50. The zero-order valence-corrected chi connectivity index (χ0v) is 12.1. The Morgan fingerprint density at radius 1 is 1.37 bits per heavy atom. The van der Waals surface area contributed by atoms with E-state index in [9.17, 15) is 0 Å². The molecule has 0 bridgehead atoms. The highest BCUT2D eigenvalue weighted by Gasteiger charge is 2.15. The van der Waals surface area contributed by atoms with Gasteiger partial charge in [0, 0.05) is 37.1 Å². The summed E-state index contributed by atoms with van der Waals surface area (Å²) in [5, 5.41) is 7.89. The average molecular weight is 258 g/mol. The SMILES string of the molecule is CCn1nc(C)cc1CC(NC)c1cnccc1C. The minimum Gasteiger partial charge on any atom is -0.313 e. The molecule has 0 aromatic carbocycles. The van der Waals surface area contributed by atoms with Gasteiger partial charge in [0.15, 0.2) is 0 Å². The van der Waals surface area contributed by atoms with Crippen molar-refractivity contribution in [1.82, 2.24) is 20.1 Å². The lowest BCUT2D eigenvalue weighted by atomic mass is 9.99. The van der Waals surface area contributed by atoms with Crippen molar-refractivity contribution in [2.75, 3.05) is 7.05 Å². The first-order chi connectivity index (χ1) is 9.15. The molecule has 1 N–H and O–H groups in total. The fourth-order valence-corrected chi connectivity index (χ4v) is 2.45. The summed E-state index contributed by atoms with van der Waals surface area (Å²) in [5.41, 5.74) is 4.87. The molecule has 1 unspecified atom stereocenters. The minimum absolute atomic E-state index is 0.273. The number of hydrogen-bond donors (Lipinski definition) is 1. The maximum Gasteiger partial charge on any atom is 0.0596 e. The van der Waals surface area contributed by atoms with Crippen LogP contribution in [0, 0.1) is 13.8 Å². The standard InChI is InChI=1S/C15H22N4/c1-5-19-13(8-12(3)18-19)9-15(16-4)14-10-17-7-6-11(14)2/h6-8,10,15-16H,5,9H2,1-4H3. The molecule has 102 valence electrons. The van der Waals surface area contributed by atoms with Crippen LogP contribution < -0.4 is 5.32 Å². The van der Waals surface area contributed by atoms with Gasteiger partial charge in [0.25, 0.3) is 0 Å². The first kappa shape index (κ1) is 13.7. The van der Waals surface area contributed by atoms with Gasteiger partial charge in [-0.05, 0) is 51.1 Å². The van der Waals surface area contributed by atoms with Crippen LogP contribution in [0.1, 0.15) is 35.5 Å². The van der Waals surface area contributed by atoms with E-state index in [4.69, 9.17) is 0 Å². The molecule has 4 nitrogen and oxygen atoms in total. The Labute approximate surface area is 114 Å². The molecule has 0 spiro atoms. The van der Waals surface area contributed by atoms with Crippen molar-refractivity contribution in [3.63, 3.8) is 0 Å². The maximum absolute atomic E-state index is 4.51. The van der Waals surface area contributed by atoms with Crippen LogP contribution in [-0.4, -0.2) is 21.8 Å². The molecule has 0 aliphatic heterocycles. The van der Waals surface area contributed by atoms with Crippen molar-refractivity contribution in [3.05, 3.63) is 47.0 Å². The van der Waals surface area contributed by atoms with Crippen LogP contribution in [-0.2, 0) is 13.0 Å². The van der Waals surface area contributed by atoms with Gasteiger partial charge in [-0.1, -0.05) is 0 Å². The van der Waals surface area contributed by atoms with Crippen LogP contribution >= 0.6 is 0 Å². The van der Waals surface area contributed by atoms with Gasteiger partial charge in [-0.25, -0.2) is 0 Å². The number of aromatic nitrogens is 3. The number of rotatable bonds is 5. The maximum atomic E-state index is 4.51. The van der Waals surface area contributed by atoms with E-state index in [0.29, 0.717) is 0 Å². The summed E-state index contributed by atoms with van der Waals surface area (Å²) in [6.07, 6.45) is 4.72. The van der Waals surface area contributed by atoms with E-state index in [1.54, 1.807) is 0 Å². The van der Waals surface area contributed by atoms with Crippen LogP contribution in [0.2, 0.25) is 0 Å². The van der Waals surface area contributed by atoms with Crippen LogP contribution in [0.25, 0.3) is 0 Å². The summed E-state index contributed by atoms with van der Waals surface area (Å²) >= 11 is 0. The monoisotopic (exact) mass is 258 g/mol. The van der Waals surface area contributed by atoms with Crippen LogP contribution in [0.15, 0.2) is 24.5 Å². The molecule has 2 aromatic rings. The van der Waals surface area contributed by atoms with Crippen molar-refractivity contribution in [2.24, 2.45) is 0 Å². The molecule has 2 aromatic heterocycles. The summed E-state index contributed by atoms with van der Waals surface area (Å²) in [4.78, 5) is 4.24. The smallest absolute Gasteiger partial charge is 0.0596 e. The molecule has 0 fully saturated rings. The van der Waals surface area contributed by atoms with Crippen molar-refractivity contribution < 1.29 is 0 Å². The molecule has 2 rings (SSSR count). The van der Waals surface area contributed by atoms with Gasteiger partial charge in [-0.15, -0.1) is 0 Å². The molecule has 0 aliphatic rings. The highest BCUT2D eigenvalue weighted by Crippen LogP contribution is 2.21. The second-order valence-electron chi connectivity index (χ2n) is 4.87. The van der Waals surface area contributed by atoms with Crippen molar-refractivity contribution in [2.45, 2.75) is 39.8 Å². The number of pyridine rings is 1. The van der Waals surface area contributed by atoms with E-state index in [1.165, 1.54) is 16.8 Å². The Morgan fingerprint density at radius 3 is 2.79 bits per heavy atom. The molecule has 19 heavy (non-hydrogen) atoms. The largest absolute Gasteiger partial charge is 0.313 e. The molecule has 4 heteroatoms. The highest BCUT2D eigenvalue weighted by molar-refractivity contribution is 5.26. The number of likely N-dealkylation sites (N-methyl/N-ethyl adjacent to an activating group) is 1. The summed E-state index contributed by atoms with van der Waals surface area (Å²) in [7, 11) is 2.00. The Bertz CT molecular complexity index is 545. The normalized spacial score (nSPS) is 12.6. The first-order valence-electron chi connectivity index (χ1n) is 6.76. The number of hydrogen-bond acceptors (Lipinski definition) is 3. The molecular formula is C15H22N4. The Balaban J connectivity index is 2.26. The highest BCUT2D eigenvalue weighted by atomic mass is 15.3. The van der Waals surface area contributed by atoms with E-state index in [0.717, 1.165) is 18.7 Å². The number of nitrogens with zero attached hydrogens (tertiary/aromatic N) is 3. The Hall–Kier alpha value is -1.68. The van der Waals surface area contributed by atoms with Crippen molar-refractivity contribution >= 4 is 0 Å². The van der Waals surface area contributed by atoms with Gasteiger partial charge in [-0.2, -0.15) is 5.10 Å². The van der Waals surface area contributed by atoms with Gasteiger partial charge < -0.3 is 5.32 Å². The molecule has 0 saturated heterocycles. The fourth-order valence-electron chi connectivity index (χ4n) is 2.45. The van der Waals surface area contributed by atoms with Gasteiger partial charge in [0.1, 0.15) is 0 Å². The lowest BCUT2D eigenvalue weighted by molar-refractivity contribution is 0.538. The van der Waals surface area contributed by atoms with E-state index >= 15 is 0 Å². The minimum atomic E-state index is 0.273. The van der Waals surface area contributed by atoms with Crippen LogP contribution in [0.5, 0.6) is 0 Å². The molecule has 0 radical (unpaired) electrons. The van der Waals surface area contributed by atoms with E-state index in [-0.39, 0.29) is 6.04 Å². The fraction of sp³-hybridized carbons (Fsp3) is 0.467. The second kappa shape index (κ2) is 5.97. The lowest BCUT2D eigenvalue weighted by Gasteiger charge is -2.18. The molecule has 1 atom stereocenters. The Kier molecular flexibility index (Phi) is 4.32. The van der Waals surface area contributed by atoms with E-state index in [2.05, 4.69) is 46.1 Å². The predicted octanol–water partition coefficient (Wildman–Crippen LogP) is 2.42. The van der Waals surface area contributed by atoms with Gasteiger partial charge in [-0.3, -0.25) is 9.67 Å². The van der Waals surface area contributed by atoms with Gasteiger partial charge in [0.2, 0.25) is 0 Å². The zero-order chi connectivity index (χ0) is 13.8. The number of nitrogens with one attached hydrogen (secondary N) is 1. The van der Waals surface area contributed by atoms with E-state index in [1.807, 2.05) is 26.4 Å².